The first-order valence-corrected chi connectivity index (χ1v) is 9.65. The van der Waals surface area contributed by atoms with Crippen LogP contribution in [0.5, 0.6) is 0 Å². The first-order valence-electron chi connectivity index (χ1n) is 7.16. The van der Waals surface area contributed by atoms with Gasteiger partial charge in [0.2, 0.25) is 10.0 Å². The molecular formula is C14H21NO5S2. The molecule has 0 bridgehead atoms. The van der Waals surface area contributed by atoms with Crippen LogP contribution in [0.4, 0.5) is 0 Å². The second-order valence-corrected chi connectivity index (χ2v) is 8.49. The van der Waals surface area contributed by atoms with Crippen molar-refractivity contribution in [2.75, 3.05) is 20.3 Å². The minimum Gasteiger partial charge on any atom is -0.477 e. The summed E-state index contributed by atoms with van der Waals surface area (Å²) in [6, 6.07) is 1.44. The molecule has 6 nitrogen and oxygen atoms in total. The number of rotatable bonds is 6. The molecule has 2 heterocycles. The lowest BCUT2D eigenvalue weighted by molar-refractivity contribution is 0.0479. The van der Waals surface area contributed by atoms with Crippen LogP contribution in [0.1, 0.15) is 35.0 Å². The fourth-order valence-corrected chi connectivity index (χ4v) is 5.05. The number of hydrogen-bond donors (Lipinski definition) is 1. The molecule has 1 fully saturated rings. The molecule has 1 aromatic rings. The molecule has 1 aliphatic heterocycles. The van der Waals surface area contributed by atoms with Gasteiger partial charge in [0, 0.05) is 26.3 Å². The zero-order valence-corrected chi connectivity index (χ0v) is 14.3. The summed E-state index contributed by atoms with van der Waals surface area (Å²) in [6.07, 6.45) is 1.69. The molecule has 0 aliphatic carbocycles. The summed E-state index contributed by atoms with van der Waals surface area (Å²) in [5, 5.41) is 10.7. The van der Waals surface area contributed by atoms with E-state index in [1.807, 2.05) is 6.92 Å². The predicted octanol–water partition coefficient (Wildman–Crippen LogP) is 2.02. The topological polar surface area (TPSA) is 83.9 Å². The third-order valence-electron chi connectivity index (χ3n) is 4.24. The Morgan fingerprint density at radius 1 is 1.50 bits per heavy atom. The Morgan fingerprint density at radius 3 is 2.73 bits per heavy atom. The van der Waals surface area contributed by atoms with Crippen molar-refractivity contribution < 1.29 is 23.1 Å². The molecule has 0 radical (unpaired) electrons. The number of carbonyl (C=O) groups is 1. The number of sulfonamides is 1. The van der Waals surface area contributed by atoms with Crippen molar-refractivity contribution in [3.63, 3.8) is 0 Å². The number of ether oxygens (including phenoxy) is 1. The van der Waals surface area contributed by atoms with Crippen LogP contribution in [-0.4, -0.2) is 50.1 Å². The van der Waals surface area contributed by atoms with Gasteiger partial charge in [-0.05, 0) is 42.7 Å². The molecule has 1 aliphatic rings. The molecule has 2 rings (SSSR count). The monoisotopic (exact) mass is 347 g/mol. The molecule has 1 atom stereocenters. The van der Waals surface area contributed by atoms with Crippen LogP contribution in [0.3, 0.4) is 0 Å². The van der Waals surface area contributed by atoms with E-state index < -0.39 is 16.0 Å². The zero-order chi connectivity index (χ0) is 16.3. The van der Waals surface area contributed by atoms with Crippen LogP contribution in [0.2, 0.25) is 0 Å². The molecule has 124 valence electrons. The van der Waals surface area contributed by atoms with E-state index in [0.29, 0.717) is 18.8 Å². The maximum Gasteiger partial charge on any atom is 0.346 e. The number of aromatic carboxylic acids is 1. The van der Waals surface area contributed by atoms with Gasteiger partial charge in [-0.1, -0.05) is 0 Å². The number of thiophene rings is 1. The van der Waals surface area contributed by atoms with Crippen molar-refractivity contribution in [1.82, 2.24) is 4.31 Å². The summed E-state index contributed by atoms with van der Waals surface area (Å²) in [4.78, 5) is 11.2. The normalized spacial score (nSPS) is 18.5. The third-order valence-corrected chi connectivity index (χ3v) is 7.07. The quantitative estimate of drug-likeness (QED) is 0.851. The summed E-state index contributed by atoms with van der Waals surface area (Å²) in [5.74, 6) is -1.09. The van der Waals surface area contributed by atoms with Crippen LogP contribution in [-0.2, 0) is 20.5 Å². The number of hydrogen-bond acceptors (Lipinski definition) is 5. The Hall–Kier alpha value is -0.960. The van der Waals surface area contributed by atoms with Gasteiger partial charge in [-0.2, -0.15) is 0 Å². The largest absolute Gasteiger partial charge is 0.477 e. The molecule has 8 heteroatoms. The minimum absolute atomic E-state index is 0.0932. The first kappa shape index (κ1) is 17.4. The van der Waals surface area contributed by atoms with Crippen molar-refractivity contribution in [3.8, 4) is 0 Å². The third kappa shape index (κ3) is 3.87. The van der Waals surface area contributed by atoms with Crippen molar-refractivity contribution >= 4 is 27.3 Å². The van der Waals surface area contributed by atoms with E-state index in [1.54, 1.807) is 18.5 Å². The Kier molecular flexibility index (Phi) is 5.60. The molecule has 0 saturated carbocycles. The van der Waals surface area contributed by atoms with Crippen LogP contribution in [0.15, 0.2) is 11.4 Å². The Morgan fingerprint density at radius 2 is 2.14 bits per heavy atom. The van der Waals surface area contributed by atoms with Crippen LogP contribution in [0.25, 0.3) is 0 Å². The SMILES string of the molecule is CC(C1CCOCC1)N(C)S(=O)(=O)Cc1ccsc1C(=O)O. The molecule has 1 N–H and O–H groups in total. The van der Waals surface area contributed by atoms with E-state index in [9.17, 15) is 13.2 Å². The van der Waals surface area contributed by atoms with Crippen LogP contribution in [0, 0.1) is 5.92 Å². The van der Waals surface area contributed by atoms with Gasteiger partial charge in [0.25, 0.3) is 0 Å². The summed E-state index contributed by atoms with van der Waals surface area (Å²) < 4.78 is 31.8. The van der Waals surface area contributed by atoms with Crippen molar-refractivity contribution in [3.05, 3.63) is 21.9 Å². The molecule has 1 aromatic heterocycles. The fraction of sp³-hybridized carbons (Fsp3) is 0.643. The molecule has 0 aromatic carbocycles. The Labute approximate surface area is 134 Å². The van der Waals surface area contributed by atoms with Crippen molar-refractivity contribution in [2.24, 2.45) is 5.92 Å². The van der Waals surface area contributed by atoms with E-state index in [2.05, 4.69) is 0 Å². The van der Waals surface area contributed by atoms with Gasteiger partial charge < -0.3 is 9.84 Å². The molecular weight excluding hydrogens is 326 g/mol. The van der Waals surface area contributed by atoms with Gasteiger partial charge in [-0.25, -0.2) is 17.5 Å². The van der Waals surface area contributed by atoms with Gasteiger partial charge in [0.1, 0.15) is 4.88 Å². The zero-order valence-electron chi connectivity index (χ0n) is 12.7. The Balaban J connectivity index is 2.11. The summed E-state index contributed by atoms with van der Waals surface area (Å²) in [6.45, 7) is 3.23. The van der Waals surface area contributed by atoms with Gasteiger partial charge in [-0.3, -0.25) is 0 Å². The lowest BCUT2D eigenvalue weighted by Crippen LogP contribution is -2.42. The van der Waals surface area contributed by atoms with Crippen molar-refractivity contribution in [2.45, 2.75) is 31.6 Å². The molecule has 0 spiro atoms. The van der Waals surface area contributed by atoms with Crippen LogP contribution < -0.4 is 0 Å². The highest BCUT2D eigenvalue weighted by molar-refractivity contribution is 7.88. The van der Waals surface area contributed by atoms with E-state index in [0.717, 1.165) is 24.2 Å². The predicted molar refractivity (Wildman–Crippen MR) is 84.7 cm³/mol. The summed E-state index contributed by atoms with van der Waals surface area (Å²) in [5.41, 5.74) is 0.350. The average Bonchev–Trinajstić information content (AvgIpc) is 2.94. The second-order valence-electron chi connectivity index (χ2n) is 5.54. The lowest BCUT2D eigenvalue weighted by atomic mass is 9.93. The van der Waals surface area contributed by atoms with E-state index in [-0.39, 0.29) is 22.6 Å². The highest BCUT2D eigenvalue weighted by Crippen LogP contribution is 2.26. The fourth-order valence-electron chi connectivity index (χ4n) is 2.68. The summed E-state index contributed by atoms with van der Waals surface area (Å²) >= 11 is 1.05. The van der Waals surface area contributed by atoms with Crippen molar-refractivity contribution in [1.29, 1.82) is 0 Å². The van der Waals surface area contributed by atoms with E-state index in [4.69, 9.17) is 9.84 Å². The molecule has 1 unspecified atom stereocenters. The lowest BCUT2D eigenvalue weighted by Gasteiger charge is -2.33. The highest BCUT2D eigenvalue weighted by Gasteiger charge is 2.31. The number of carboxylic acids is 1. The maximum absolute atomic E-state index is 12.6. The highest BCUT2D eigenvalue weighted by atomic mass is 32.2. The molecule has 0 amide bonds. The van der Waals surface area contributed by atoms with Gasteiger partial charge in [0.05, 0.1) is 5.75 Å². The Bertz CT molecular complexity index is 619. The number of nitrogens with zero attached hydrogens (tertiary/aromatic N) is 1. The van der Waals surface area contributed by atoms with E-state index >= 15 is 0 Å². The van der Waals surface area contributed by atoms with E-state index in [1.165, 1.54) is 4.31 Å². The van der Waals surface area contributed by atoms with Crippen LogP contribution >= 0.6 is 11.3 Å². The maximum atomic E-state index is 12.6. The summed E-state index contributed by atoms with van der Waals surface area (Å²) in [7, 11) is -1.98. The average molecular weight is 347 g/mol. The number of carboxylic acid groups (broad SMARTS) is 1. The second kappa shape index (κ2) is 7.08. The molecule has 22 heavy (non-hydrogen) atoms. The first-order chi connectivity index (χ1) is 10.3. The smallest absolute Gasteiger partial charge is 0.346 e. The van der Waals surface area contributed by atoms with Gasteiger partial charge in [-0.15, -0.1) is 11.3 Å². The van der Waals surface area contributed by atoms with Gasteiger partial charge >= 0.3 is 5.97 Å². The minimum atomic E-state index is -3.55. The molecule has 1 saturated heterocycles. The standard InChI is InChI=1S/C14H21NO5S2/c1-10(11-3-6-20-7-4-11)15(2)22(18,19)9-12-5-8-21-13(12)14(16)17/h5,8,10-11H,3-4,6-7,9H2,1-2H3,(H,16,17). The van der Waals surface area contributed by atoms with Gasteiger partial charge in [0.15, 0.2) is 0 Å².